The maximum atomic E-state index is 10.7. The Kier molecular flexibility index (Phi) is 2.21. The summed E-state index contributed by atoms with van der Waals surface area (Å²) >= 11 is 0. The lowest BCUT2D eigenvalue weighted by molar-refractivity contribution is -0.145. The van der Waals surface area contributed by atoms with Crippen LogP contribution in [0.2, 0.25) is 0 Å². The van der Waals surface area contributed by atoms with Gasteiger partial charge >= 0.3 is 5.97 Å². The van der Waals surface area contributed by atoms with E-state index in [9.17, 15) is 4.79 Å². The third-order valence-corrected chi connectivity index (χ3v) is 2.52. The lowest BCUT2D eigenvalue weighted by Gasteiger charge is -2.40. The van der Waals surface area contributed by atoms with Gasteiger partial charge in [-0.25, -0.2) is 0 Å². The highest BCUT2D eigenvalue weighted by Gasteiger charge is 2.42. The minimum atomic E-state index is -0.794. The van der Waals surface area contributed by atoms with E-state index >= 15 is 0 Å². The van der Waals surface area contributed by atoms with Crippen molar-refractivity contribution in [2.45, 2.75) is 11.8 Å². The second kappa shape index (κ2) is 3.38. The Morgan fingerprint density at radius 3 is 2.86 bits per heavy atom. The van der Waals surface area contributed by atoms with Crippen molar-refractivity contribution in [3.63, 3.8) is 0 Å². The van der Waals surface area contributed by atoms with Crippen molar-refractivity contribution in [1.82, 2.24) is 4.98 Å². The summed E-state index contributed by atoms with van der Waals surface area (Å²) in [5.74, 6) is -0.794. The van der Waals surface area contributed by atoms with Gasteiger partial charge in [-0.2, -0.15) is 0 Å². The lowest BCUT2D eigenvalue weighted by atomic mass is 9.76. The van der Waals surface area contributed by atoms with Gasteiger partial charge in [-0.15, -0.1) is 0 Å². The zero-order chi connectivity index (χ0) is 10.0. The molecular formula is C10H11NO3. The van der Waals surface area contributed by atoms with E-state index in [2.05, 4.69) is 4.98 Å². The standard InChI is InChI=1S/C10H11NO3/c12-9(13)4-10(6-14-7-10)8-2-1-3-11-5-8/h1-3,5H,4,6-7H2,(H,12,13). The predicted octanol–water partition coefficient (Wildman–Crippen LogP) is 0.824. The molecule has 0 spiro atoms. The Labute approximate surface area is 81.5 Å². The number of pyridine rings is 1. The topological polar surface area (TPSA) is 59.4 Å². The highest BCUT2D eigenvalue weighted by molar-refractivity contribution is 5.69. The molecule has 0 bridgehead atoms. The van der Waals surface area contributed by atoms with E-state index in [0.717, 1.165) is 5.56 Å². The average Bonchev–Trinajstić information content (AvgIpc) is 2.12. The second-order valence-corrected chi connectivity index (χ2v) is 3.59. The van der Waals surface area contributed by atoms with Crippen LogP contribution < -0.4 is 0 Å². The molecule has 1 aliphatic rings. The molecule has 2 rings (SSSR count). The molecule has 1 aliphatic heterocycles. The number of aromatic nitrogens is 1. The van der Waals surface area contributed by atoms with Gasteiger partial charge in [-0.3, -0.25) is 9.78 Å². The number of carboxylic acid groups (broad SMARTS) is 1. The van der Waals surface area contributed by atoms with Gasteiger partial charge in [0.1, 0.15) is 0 Å². The summed E-state index contributed by atoms with van der Waals surface area (Å²) in [5.41, 5.74) is 0.605. The molecule has 0 atom stereocenters. The summed E-state index contributed by atoms with van der Waals surface area (Å²) in [6.45, 7) is 0.954. The van der Waals surface area contributed by atoms with Gasteiger partial charge in [0.2, 0.25) is 0 Å². The van der Waals surface area contributed by atoms with Crippen LogP contribution >= 0.6 is 0 Å². The molecule has 74 valence electrons. The van der Waals surface area contributed by atoms with Crippen molar-refractivity contribution >= 4 is 5.97 Å². The van der Waals surface area contributed by atoms with Crippen LogP contribution in [0.3, 0.4) is 0 Å². The first kappa shape index (κ1) is 9.15. The predicted molar refractivity (Wildman–Crippen MR) is 49.0 cm³/mol. The Balaban J connectivity index is 2.25. The molecule has 0 radical (unpaired) electrons. The molecule has 0 amide bonds. The molecule has 14 heavy (non-hydrogen) atoms. The summed E-state index contributed by atoms with van der Waals surface area (Å²) < 4.78 is 5.10. The molecule has 0 saturated carbocycles. The number of ether oxygens (including phenoxy) is 1. The first-order valence-corrected chi connectivity index (χ1v) is 4.43. The van der Waals surface area contributed by atoms with Crippen LogP contribution in [0.5, 0.6) is 0 Å². The molecule has 1 N–H and O–H groups in total. The average molecular weight is 193 g/mol. The van der Waals surface area contributed by atoms with Crippen LogP contribution in [0.15, 0.2) is 24.5 Å². The number of nitrogens with zero attached hydrogens (tertiary/aromatic N) is 1. The Hall–Kier alpha value is -1.42. The van der Waals surface area contributed by atoms with Crippen molar-refractivity contribution in [3.8, 4) is 0 Å². The van der Waals surface area contributed by atoms with Gasteiger partial charge in [0.25, 0.3) is 0 Å². The molecule has 4 nitrogen and oxygen atoms in total. The fourth-order valence-electron chi connectivity index (χ4n) is 1.69. The summed E-state index contributed by atoms with van der Waals surface area (Å²) in [5, 5.41) is 8.80. The molecule has 0 aromatic carbocycles. The zero-order valence-corrected chi connectivity index (χ0v) is 7.64. The summed E-state index contributed by atoms with van der Waals surface area (Å²) in [7, 11) is 0. The quantitative estimate of drug-likeness (QED) is 0.772. The molecule has 2 heterocycles. The molecule has 0 aliphatic carbocycles. The number of rotatable bonds is 3. The lowest BCUT2D eigenvalue weighted by Crippen LogP contribution is -2.48. The summed E-state index contributed by atoms with van der Waals surface area (Å²) in [6.07, 6.45) is 3.50. The zero-order valence-electron chi connectivity index (χ0n) is 7.64. The van der Waals surface area contributed by atoms with E-state index < -0.39 is 5.97 Å². The number of hydrogen-bond donors (Lipinski definition) is 1. The second-order valence-electron chi connectivity index (χ2n) is 3.59. The third kappa shape index (κ3) is 1.48. The Morgan fingerprint density at radius 1 is 1.64 bits per heavy atom. The third-order valence-electron chi connectivity index (χ3n) is 2.52. The van der Waals surface area contributed by atoms with Gasteiger partial charge in [0.15, 0.2) is 0 Å². The van der Waals surface area contributed by atoms with Gasteiger partial charge in [0.05, 0.1) is 25.0 Å². The van der Waals surface area contributed by atoms with E-state index in [1.807, 2.05) is 12.1 Å². The van der Waals surface area contributed by atoms with Crippen LogP contribution in [0.25, 0.3) is 0 Å². The van der Waals surface area contributed by atoms with Crippen molar-refractivity contribution < 1.29 is 14.6 Å². The van der Waals surface area contributed by atoms with E-state index in [0.29, 0.717) is 13.2 Å². The van der Waals surface area contributed by atoms with Crippen molar-refractivity contribution in [2.24, 2.45) is 0 Å². The van der Waals surface area contributed by atoms with Gasteiger partial charge < -0.3 is 9.84 Å². The fourth-order valence-corrected chi connectivity index (χ4v) is 1.69. The van der Waals surface area contributed by atoms with Crippen LogP contribution in [0.1, 0.15) is 12.0 Å². The Bertz CT molecular complexity index is 332. The number of carbonyl (C=O) groups is 1. The molecule has 0 unspecified atom stereocenters. The molecular weight excluding hydrogens is 182 g/mol. The maximum absolute atomic E-state index is 10.7. The fraction of sp³-hybridized carbons (Fsp3) is 0.400. The van der Waals surface area contributed by atoms with Crippen molar-refractivity contribution in [2.75, 3.05) is 13.2 Å². The maximum Gasteiger partial charge on any atom is 0.304 e. The monoisotopic (exact) mass is 193 g/mol. The minimum absolute atomic E-state index is 0.110. The van der Waals surface area contributed by atoms with Crippen LogP contribution in [0, 0.1) is 0 Å². The van der Waals surface area contributed by atoms with E-state index in [-0.39, 0.29) is 11.8 Å². The van der Waals surface area contributed by atoms with Crippen molar-refractivity contribution in [1.29, 1.82) is 0 Å². The van der Waals surface area contributed by atoms with Crippen LogP contribution in [-0.4, -0.2) is 29.3 Å². The number of carboxylic acids is 1. The van der Waals surface area contributed by atoms with E-state index in [4.69, 9.17) is 9.84 Å². The van der Waals surface area contributed by atoms with Gasteiger partial charge in [0, 0.05) is 12.4 Å². The highest BCUT2D eigenvalue weighted by Crippen LogP contribution is 2.35. The van der Waals surface area contributed by atoms with Crippen LogP contribution in [-0.2, 0) is 14.9 Å². The number of hydrogen-bond acceptors (Lipinski definition) is 3. The summed E-state index contributed by atoms with van der Waals surface area (Å²) in [6, 6.07) is 3.72. The SMILES string of the molecule is O=C(O)CC1(c2cccnc2)COC1. The first-order chi connectivity index (χ1) is 6.73. The van der Waals surface area contributed by atoms with Crippen molar-refractivity contribution in [3.05, 3.63) is 30.1 Å². The highest BCUT2D eigenvalue weighted by atomic mass is 16.5. The first-order valence-electron chi connectivity index (χ1n) is 4.43. The van der Waals surface area contributed by atoms with Gasteiger partial charge in [-0.1, -0.05) is 6.07 Å². The molecule has 1 aromatic rings. The smallest absolute Gasteiger partial charge is 0.304 e. The molecule has 1 aromatic heterocycles. The number of aliphatic carboxylic acids is 1. The molecule has 1 fully saturated rings. The minimum Gasteiger partial charge on any atom is -0.481 e. The van der Waals surface area contributed by atoms with E-state index in [1.54, 1.807) is 12.4 Å². The van der Waals surface area contributed by atoms with E-state index in [1.165, 1.54) is 0 Å². The largest absolute Gasteiger partial charge is 0.481 e. The Morgan fingerprint density at radius 2 is 2.43 bits per heavy atom. The molecule has 1 saturated heterocycles. The van der Waals surface area contributed by atoms with Gasteiger partial charge in [-0.05, 0) is 11.6 Å². The summed E-state index contributed by atoms with van der Waals surface area (Å²) in [4.78, 5) is 14.7. The molecule has 4 heteroatoms. The van der Waals surface area contributed by atoms with Crippen LogP contribution in [0.4, 0.5) is 0 Å². The normalized spacial score (nSPS) is 18.6.